The number of hydrogen-bond donors (Lipinski definition) is 3. The van der Waals surface area contributed by atoms with Crippen LogP contribution in [0.5, 0.6) is 0 Å². The van der Waals surface area contributed by atoms with E-state index in [2.05, 4.69) is 0 Å². The van der Waals surface area contributed by atoms with Crippen molar-refractivity contribution in [3.8, 4) is 0 Å². The molecule has 0 bridgehead atoms. The summed E-state index contributed by atoms with van der Waals surface area (Å²) in [6.45, 7) is -0.255. The van der Waals surface area contributed by atoms with Crippen molar-refractivity contribution in [1.82, 2.24) is 0 Å². The van der Waals surface area contributed by atoms with Crippen LogP contribution in [0.4, 0.5) is 0 Å². The Labute approximate surface area is 42.1 Å². The lowest BCUT2D eigenvalue weighted by atomic mass is 10.3. The highest BCUT2D eigenvalue weighted by Gasteiger charge is 1.95. The fourth-order valence-corrected chi connectivity index (χ4v) is 0.211. The van der Waals surface area contributed by atoms with Gasteiger partial charge in [0, 0.05) is 6.42 Å². The quantitative estimate of drug-likeness (QED) is 0.417. The molecular formula is C4H9NO2. The Balaban J connectivity index is 2.98. The summed E-state index contributed by atoms with van der Waals surface area (Å²) in [6, 6.07) is 0. The molecule has 0 heterocycles. The minimum atomic E-state index is -0.738. The molecule has 0 aromatic heterocycles. The number of aliphatic hydroxyl groups is 2. The Morgan fingerprint density at radius 1 is 1.71 bits per heavy atom. The van der Waals surface area contributed by atoms with Crippen molar-refractivity contribution in [3.63, 3.8) is 0 Å². The first-order valence-corrected chi connectivity index (χ1v) is 2.09. The highest BCUT2D eigenvalue weighted by molar-refractivity contribution is 5.53. The van der Waals surface area contributed by atoms with E-state index in [4.69, 9.17) is 15.6 Å². The van der Waals surface area contributed by atoms with E-state index in [1.165, 1.54) is 0 Å². The topological polar surface area (TPSA) is 64.3 Å². The molecule has 0 aliphatic carbocycles. The summed E-state index contributed by atoms with van der Waals surface area (Å²) in [7, 11) is 0. The van der Waals surface area contributed by atoms with Gasteiger partial charge in [0.25, 0.3) is 0 Å². The molecule has 0 amide bonds. The molecule has 0 radical (unpaired) electrons. The lowest BCUT2D eigenvalue weighted by Gasteiger charge is -1.98. The van der Waals surface area contributed by atoms with Gasteiger partial charge < -0.3 is 15.6 Å². The van der Waals surface area contributed by atoms with Crippen molar-refractivity contribution in [1.29, 1.82) is 5.41 Å². The summed E-state index contributed by atoms with van der Waals surface area (Å²) < 4.78 is 0. The van der Waals surface area contributed by atoms with Gasteiger partial charge in [0.1, 0.15) is 0 Å². The molecule has 0 rings (SSSR count). The van der Waals surface area contributed by atoms with Gasteiger partial charge in [-0.2, -0.15) is 0 Å². The second-order valence-corrected chi connectivity index (χ2v) is 1.28. The highest BCUT2D eigenvalue weighted by Crippen LogP contribution is 1.82. The Morgan fingerprint density at radius 2 is 2.29 bits per heavy atom. The fourth-order valence-electron chi connectivity index (χ4n) is 0.211. The molecule has 0 aromatic rings. The fraction of sp³-hybridized carbons (Fsp3) is 0.750. The molecular weight excluding hydrogens is 94.0 g/mol. The summed E-state index contributed by atoms with van der Waals surface area (Å²) in [5.74, 6) is 0. The van der Waals surface area contributed by atoms with Gasteiger partial charge in [-0.1, -0.05) is 0 Å². The maximum atomic E-state index is 8.46. The highest BCUT2D eigenvalue weighted by atomic mass is 16.3. The summed E-state index contributed by atoms with van der Waals surface area (Å²) in [5, 5.41) is 23.0. The number of aliphatic hydroxyl groups excluding tert-OH is 2. The number of nitrogens with one attached hydrogen (secondary N) is 1. The standard InChI is InChI=1S/C4H9NO2/c5-2-1-4(7)3-6/h2,4-7H,1,3H2. The maximum Gasteiger partial charge on any atom is 0.0819 e. The molecule has 0 aromatic carbocycles. The predicted molar refractivity (Wildman–Crippen MR) is 26.5 cm³/mol. The van der Waals surface area contributed by atoms with E-state index < -0.39 is 6.10 Å². The van der Waals surface area contributed by atoms with Crippen LogP contribution >= 0.6 is 0 Å². The van der Waals surface area contributed by atoms with Gasteiger partial charge in [-0.15, -0.1) is 0 Å². The Morgan fingerprint density at radius 3 is 2.43 bits per heavy atom. The van der Waals surface area contributed by atoms with E-state index in [1.807, 2.05) is 0 Å². The Hall–Kier alpha value is -0.410. The van der Waals surface area contributed by atoms with Crippen LogP contribution in [0.1, 0.15) is 6.42 Å². The van der Waals surface area contributed by atoms with E-state index in [-0.39, 0.29) is 13.0 Å². The van der Waals surface area contributed by atoms with Crippen molar-refractivity contribution in [2.24, 2.45) is 0 Å². The van der Waals surface area contributed by atoms with Crippen LogP contribution < -0.4 is 0 Å². The van der Waals surface area contributed by atoms with Crippen molar-refractivity contribution < 1.29 is 10.2 Å². The summed E-state index contributed by atoms with van der Waals surface area (Å²) in [5.41, 5.74) is 0. The Bertz CT molecular complexity index is 55.7. The minimum Gasteiger partial charge on any atom is -0.394 e. The Kier molecular flexibility index (Phi) is 3.55. The molecule has 0 spiro atoms. The first-order valence-electron chi connectivity index (χ1n) is 2.09. The summed E-state index contributed by atoms with van der Waals surface area (Å²) in [4.78, 5) is 0. The average Bonchev–Trinajstić information content (AvgIpc) is 1.68. The van der Waals surface area contributed by atoms with Gasteiger partial charge >= 0.3 is 0 Å². The van der Waals surface area contributed by atoms with Gasteiger partial charge in [0.05, 0.1) is 12.7 Å². The molecule has 0 saturated carbocycles. The van der Waals surface area contributed by atoms with Gasteiger partial charge in [0.15, 0.2) is 0 Å². The third kappa shape index (κ3) is 3.42. The normalized spacial score (nSPS) is 13.4. The number of rotatable bonds is 3. The molecule has 7 heavy (non-hydrogen) atoms. The van der Waals surface area contributed by atoms with Crippen LogP contribution in [0.15, 0.2) is 0 Å². The molecule has 3 nitrogen and oxygen atoms in total. The second-order valence-electron chi connectivity index (χ2n) is 1.28. The monoisotopic (exact) mass is 103 g/mol. The minimum absolute atomic E-state index is 0.247. The maximum absolute atomic E-state index is 8.46. The van der Waals surface area contributed by atoms with Gasteiger partial charge in [-0.05, 0) is 6.21 Å². The van der Waals surface area contributed by atoms with Crippen LogP contribution in [0.3, 0.4) is 0 Å². The van der Waals surface area contributed by atoms with Crippen LogP contribution in [0.25, 0.3) is 0 Å². The van der Waals surface area contributed by atoms with E-state index >= 15 is 0 Å². The second kappa shape index (κ2) is 3.77. The third-order valence-corrected chi connectivity index (χ3v) is 0.601. The van der Waals surface area contributed by atoms with E-state index in [1.54, 1.807) is 0 Å². The smallest absolute Gasteiger partial charge is 0.0819 e. The van der Waals surface area contributed by atoms with Crippen LogP contribution in [0, 0.1) is 5.41 Å². The zero-order valence-electron chi connectivity index (χ0n) is 3.96. The van der Waals surface area contributed by atoms with E-state index in [0.717, 1.165) is 6.21 Å². The molecule has 42 valence electrons. The van der Waals surface area contributed by atoms with E-state index in [9.17, 15) is 0 Å². The van der Waals surface area contributed by atoms with E-state index in [0.29, 0.717) is 0 Å². The van der Waals surface area contributed by atoms with Gasteiger partial charge in [-0.25, -0.2) is 0 Å². The van der Waals surface area contributed by atoms with Crippen molar-refractivity contribution in [2.45, 2.75) is 12.5 Å². The molecule has 0 fully saturated rings. The molecule has 1 unspecified atom stereocenters. The van der Waals surface area contributed by atoms with Gasteiger partial charge in [0.2, 0.25) is 0 Å². The zero-order chi connectivity index (χ0) is 5.70. The molecule has 0 saturated heterocycles. The molecule has 3 N–H and O–H groups in total. The lowest BCUT2D eigenvalue weighted by molar-refractivity contribution is 0.102. The predicted octanol–water partition coefficient (Wildman–Crippen LogP) is -0.621. The van der Waals surface area contributed by atoms with Crippen molar-refractivity contribution in [3.05, 3.63) is 0 Å². The van der Waals surface area contributed by atoms with Gasteiger partial charge in [-0.3, -0.25) is 0 Å². The third-order valence-electron chi connectivity index (χ3n) is 0.601. The molecule has 0 aliphatic heterocycles. The number of hydrogen-bond acceptors (Lipinski definition) is 3. The van der Waals surface area contributed by atoms with Crippen LogP contribution in [-0.4, -0.2) is 29.1 Å². The average molecular weight is 103 g/mol. The van der Waals surface area contributed by atoms with Crippen molar-refractivity contribution in [2.75, 3.05) is 6.61 Å². The summed E-state index contributed by atoms with van der Waals surface area (Å²) >= 11 is 0. The molecule has 0 aliphatic rings. The first kappa shape index (κ1) is 6.59. The van der Waals surface area contributed by atoms with Crippen LogP contribution in [-0.2, 0) is 0 Å². The molecule has 3 heteroatoms. The SMILES string of the molecule is N=CCC(O)CO. The van der Waals surface area contributed by atoms with Crippen molar-refractivity contribution >= 4 is 6.21 Å². The molecule has 1 atom stereocenters. The lowest BCUT2D eigenvalue weighted by Crippen LogP contribution is -2.11. The van der Waals surface area contributed by atoms with Crippen LogP contribution in [0.2, 0.25) is 0 Å². The first-order chi connectivity index (χ1) is 3.31. The largest absolute Gasteiger partial charge is 0.394 e. The zero-order valence-corrected chi connectivity index (χ0v) is 3.96. The summed E-state index contributed by atoms with van der Waals surface area (Å²) in [6.07, 6.45) is 0.578.